The number of rotatable bonds is 9. The second kappa shape index (κ2) is 12.2. The molecule has 0 saturated carbocycles. The third kappa shape index (κ3) is 6.29. The molecule has 1 saturated heterocycles. The van der Waals surface area contributed by atoms with Crippen molar-refractivity contribution in [2.75, 3.05) is 37.7 Å². The molecule has 0 amide bonds. The first-order valence-corrected chi connectivity index (χ1v) is 14.0. The highest BCUT2D eigenvalue weighted by molar-refractivity contribution is 5.57. The van der Waals surface area contributed by atoms with Gasteiger partial charge in [0, 0.05) is 25.3 Å². The number of likely N-dealkylation sites (tertiary alicyclic amines) is 1. The van der Waals surface area contributed by atoms with Crippen molar-refractivity contribution in [3.05, 3.63) is 88.5 Å². The molecule has 1 N–H and O–H groups in total. The zero-order chi connectivity index (χ0) is 26.5. The molecule has 202 valence electrons. The minimum absolute atomic E-state index is 0.254. The molecule has 0 bridgehead atoms. The predicted octanol–water partition coefficient (Wildman–Crippen LogP) is 6.83. The van der Waals surface area contributed by atoms with E-state index in [1.54, 1.807) is 24.3 Å². The van der Waals surface area contributed by atoms with Crippen LogP contribution < -0.4 is 9.64 Å². The molecule has 2 aliphatic rings. The van der Waals surface area contributed by atoms with Crippen LogP contribution in [0.4, 0.5) is 14.5 Å². The Morgan fingerprint density at radius 1 is 0.974 bits per heavy atom. The van der Waals surface area contributed by atoms with Gasteiger partial charge in [0.25, 0.3) is 0 Å². The van der Waals surface area contributed by atoms with E-state index in [2.05, 4.69) is 9.80 Å². The van der Waals surface area contributed by atoms with Crippen molar-refractivity contribution in [1.29, 1.82) is 0 Å². The Morgan fingerprint density at radius 3 is 2.61 bits per heavy atom. The maximum absolute atomic E-state index is 14.9. The van der Waals surface area contributed by atoms with Crippen LogP contribution in [0.15, 0.2) is 54.6 Å². The predicted molar refractivity (Wildman–Crippen MR) is 148 cm³/mol. The standard InChI is InChI=1S/C32H38F2N2O2/c1-2-36(22-23-6-13-32(30(34)18-23)38-17-16-35-14-4-3-5-15-35)31-21-27(33)10-12-29(31)26-8-7-25-20-28(37)11-9-24(25)19-26/h6,9-13,18,20-21,26,37H,2-5,7-8,14-17,19,22H2,1H3. The number of nitrogens with zero attached hydrogens (tertiary/aromatic N) is 2. The number of piperidine rings is 1. The number of phenolic OH excluding ortho intramolecular Hbond substituents is 1. The number of ether oxygens (including phenoxy) is 1. The second-order valence-corrected chi connectivity index (χ2v) is 10.6. The van der Waals surface area contributed by atoms with Crippen LogP contribution in [0.1, 0.15) is 60.8 Å². The van der Waals surface area contributed by atoms with Crippen LogP contribution in [0.25, 0.3) is 0 Å². The van der Waals surface area contributed by atoms with E-state index in [1.807, 2.05) is 31.2 Å². The molecule has 0 aromatic heterocycles. The van der Waals surface area contributed by atoms with Gasteiger partial charge in [-0.15, -0.1) is 0 Å². The summed E-state index contributed by atoms with van der Waals surface area (Å²) in [4.78, 5) is 4.50. The third-order valence-corrected chi connectivity index (χ3v) is 8.06. The summed E-state index contributed by atoms with van der Waals surface area (Å²) in [5.41, 5.74) is 5.22. The molecule has 1 heterocycles. The average molecular weight is 521 g/mol. The van der Waals surface area contributed by atoms with Crippen molar-refractivity contribution < 1.29 is 18.6 Å². The maximum Gasteiger partial charge on any atom is 0.165 e. The number of hydrogen-bond acceptors (Lipinski definition) is 4. The van der Waals surface area contributed by atoms with Crippen LogP contribution in [0.3, 0.4) is 0 Å². The summed E-state index contributed by atoms with van der Waals surface area (Å²) in [7, 11) is 0. The Bertz CT molecular complexity index is 1240. The number of fused-ring (bicyclic) bond motifs is 1. The molecule has 1 aliphatic carbocycles. The van der Waals surface area contributed by atoms with Gasteiger partial charge in [-0.3, -0.25) is 4.90 Å². The topological polar surface area (TPSA) is 35.9 Å². The van der Waals surface area contributed by atoms with Crippen molar-refractivity contribution >= 4 is 5.69 Å². The van der Waals surface area contributed by atoms with Crippen LogP contribution in [0.5, 0.6) is 11.5 Å². The first-order valence-electron chi connectivity index (χ1n) is 14.0. The zero-order valence-corrected chi connectivity index (χ0v) is 22.3. The Kier molecular flexibility index (Phi) is 8.48. The van der Waals surface area contributed by atoms with E-state index < -0.39 is 0 Å². The summed E-state index contributed by atoms with van der Waals surface area (Å²) in [6.45, 7) is 6.68. The number of anilines is 1. The van der Waals surface area contributed by atoms with Gasteiger partial charge in [0.2, 0.25) is 0 Å². The molecule has 4 nitrogen and oxygen atoms in total. The first-order chi connectivity index (χ1) is 18.5. The normalized spacial score (nSPS) is 17.7. The van der Waals surface area contributed by atoms with Crippen LogP contribution in [-0.4, -0.2) is 42.8 Å². The van der Waals surface area contributed by atoms with Crippen LogP contribution >= 0.6 is 0 Å². The minimum atomic E-state index is -0.358. The number of halogens is 2. The lowest BCUT2D eigenvalue weighted by Gasteiger charge is -2.31. The number of aromatic hydroxyl groups is 1. The van der Waals surface area contributed by atoms with Crippen molar-refractivity contribution in [1.82, 2.24) is 4.90 Å². The van der Waals surface area contributed by atoms with Gasteiger partial charge in [-0.1, -0.05) is 24.6 Å². The van der Waals surface area contributed by atoms with Gasteiger partial charge in [0.05, 0.1) is 0 Å². The number of phenols is 1. The summed E-state index contributed by atoms with van der Waals surface area (Å²) >= 11 is 0. The lowest BCUT2D eigenvalue weighted by atomic mass is 9.79. The molecular weight excluding hydrogens is 482 g/mol. The van der Waals surface area contributed by atoms with Crippen molar-refractivity contribution in [2.45, 2.75) is 57.9 Å². The fourth-order valence-electron chi connectivity index (χ4n) is 5.96. The number of aryl methyl sites for hydroxylation is 1. The van der Waals surface area contributed by atoms with Gasteiger partial charge >= 0.3 is 0 Å². The van der Waals surface area contributed by atoms with E-state index in [9.17, 15) is 13.9 Å². The average Bonchev–Trinajstić information content (AvgIpc) is 2.93. The molecule has 3 aromatic carbocycles. The molecule has 1 aliphatic heterocycles. The van der Waals surface area contributed by atoms with E-state index in [0.717, 1.165) is 55.7 Å². The molecule has 6 heteroatoms. The van der Waals surface area contributed by atoms with Gasteiger partial charge in [-0.05, 0) is 117 Å². The highest BCUT2D eigenvalue weighted by Crippen LogP contribution is 2.39. The molecular formula is C32H38F2N2O2. The third-order valence-electron chi connectivity index (χ3n) is 8.06. The number of hydrogen-bond donors (Lipinski definition) is 1. The molecule has 1 unspecified atom stereocenters. The zero-order valence-electron chi connectivity index (χ0n) is 22.3. The Balaban J connectivity index is 1.28. The smallest absolute Gasteiger partial charge is 0.165 e. The molecule has 0 spiro atoms. The lowest BCUT2D eigenvalue weighted by Crippen LogP contribution is -2.33. The fourth-order valence-corrected chi connectivity index (χ4v) is 5.96. The summed E-state index contributed by atoms with van der Waals surface area (Å²) in [6, 6.07) is 15.8. The van der Waals surface area contributed by atoms with E-state index in [1.165, 1.54) is 36.5 Å². The summed E-state index contributed by atoms with van der Waals surface area (Å²) in [5, 5.41) is 9.84. The van der Waals surface area contributed by atoms with Gasteiger partial charge in [-0.2, -0.15) is 0 Å². The molecule has 1 fully saturated rings. The second-order valence-electron chi connectivity index (χ2n) is 10.6. The lowest BCUT2D eigenvalue weighted by molar-refractivity contribution is 0.180. The van der Waals surface area contributed by atoms with Crippen LogP contribution in [-0.2, 0) is 19.4 Å². The van der Waals surface area contributed by atoms with Gasteiger partial charge < -0.3 is 14.7 Å². The Hall–Kier alpha value is -3.12. The van der Waals surface area contributed by atoms with Crippen molar-refractivity contribution in [3.8, 4) is 11.5 Å². The van der Waals surface area contributed by atoms with E-state index in [-0.39, 0.29) is 23.3 Å². The van der Waals surface area contributed by atoms with Crippen LogP contribution in [0, 0.1) is 11.6 Å². The summed E-state index contributed by atoms with van der Waals surface area (Å²) in [5.74, 6) is 0.208. The van der Waals surface area contributed by atoms with Gasteiger partial charge in [0.1, 0.15) is 18.2 Å². The molecule has 3 aromatic rings. The number of benzene rings is 3. The fraction of sp³-hybridized carbons (Fsp3) is 0.438. The van der Waals surface area contributed by atoms with E-state index in [4.69, 9.17) is 4.74 Å². The van der Waals surface area contributed by atoms with Crippen LogP contribution in [0.2, 0.25) is 0 Å². The molecule has 0 radical (unpaired) electrons. The van der Waals surface area contributed by atoms with Crippen molar-refractivity contribution in [2.24, 2.45) is 0 Å². The highest BCUT2D eigenvalue weighted by Gasteiger charge is 2.25. The minimum Gasteiger partial charge on any atom is -0.508 e. The SMILES string of the molecule is CCN(Cc1ccc(OCCN2CCCCC2)c(F)c1)c1cc(F)ccc1C1CCc2cc(O)ccc2C1. The molecule has 38 heavy (non-hydrogen) atoms. The first kappa shape index (κ1) is 26.5. The highest BCUT2D eigenvalue weighted by atomic mass is 19.1. The molecule has 1 atom stereocenters. The van der Waals surface area contributed by atoms with E-state index in [0.29, 0.717) is 25.4 Å². The summed E-state index contributed by atoms with van der Waals surface area (Å²) in [6.07, 6.45) is 6.40. The Morgan fingerprint density at radius 2 is 1.82 bits per heavy atom. The quantitative estimate of drug-likeness (QED) is 0.335. The van der Waals surface area contributed by atoms with Crippen molar-refractivity contribution in [3.63, 3.8) is 0 Å². The maximum atomic E-state index is 14.9. The monoisotopic (exact) mass is 520 g/mol. The van der Waals surface area contributed by atoms with E-state index >= 15 is 0 Å². The molecule has 5 rings (SSSR count). The Labute approximate surface area is 224 Å². The van der Waals surface area contributed by atoms with Gasteiger partial charge in [0.15, 0.2) is 11.6 Å². The summed E-state index contributed by atoms with van der Waals surface area (Å²) < 4.78 is 35.2. The van der Waals surface area contributed by atoms with Gasteiger partial charge in [-0.25, -0.2) is 8.78 Å². The largest absolute Gasteiger partial charge is 0.508 e.